The molecular formula is C31H43N5O4S. The molecule has 3 aliphatic heterocycles. The summed E-state index contributed by atoms with van der Waals surface area (Å²) in [5.41, 5.74) is 8.31. The van der Waals surface area contributed by atoms with E-state index in [2.05, 4.69) is 51.5 Å². The minimum atomic E-state index is -0.624. The Morgan fingerprint density at radius 2 is 1.88 bits per heavy atom. The molecule has 3 aliphatic rings. The van der Waals surface area contributed by atoms with Crippen LogP contribution in [-0.4, -0.2) is 90.9 Å². The average Bonchev–Trinajstić information content (AvgIpc) is 3.64. The van der Waals surface area contributed by atoms with E-state index in [0.717, 1.165) is 42.6 Å². The molecule has 3 fully saturated rings. The maximum absolute atomic E-state index is 14.4. The first-order chi connectivity index (χ1) is 19.3. The molecule has 2 aromatic rings. The van der Waals surface area contributed by atoms with Crippen LogP contribution in [-0.2, 0) is 14.3 Å². The fourth-order valence-corrected chi connectivity index (χ4v) is 7.34. The van der Waals surface area contributed by atoms with Crippen LogP contribution < -0.4 is 10.6 Å². The second kappa shape index (κ2) is 11.5. The van der Waals surface area contributed by atoms with Gasteiger partial charge in [0, 0.05) is 55.1 Å². The lowest BCUT2D eigenvalue weighted by Gasteiger charge is -2.32. The fraction of sp³-hybridized carbons (Fsp3) is 0.613. The van der Waals surface area contributed by atoms with E-state index in [9.17, 15) is 14.4 Å². The van der Waals surface area contributed by atoms with Gasteiger partial charge in [0.15, 0.2) is 10.9 Å². The standard InChI is InChI=1S/C31H43N5O4S/c1-18(2)13-22(29(39)36-15-23(31(3,4)5)27-26(36)25(37)16-40-27)21-14-19(7-8-20(21)28(32)38)24-17-41-30(33-24)35-11-9-34(6)10-12-35/h7-8,14,17-18,22-23,26-27H,9-13,15-16H2,1-6H3,(H2,32,38)/t22-,23+,26+,27+/m0/s1. The number of carbonyl (C=O) groups is 3. The van der Waals surface area contributed by atoms with E-state index in [1.165, 1.54) is 0 Å². The molecule has 41 heavy (non-hydrogen) atoms. The number of hydrogen-bond acceptors (Lipinski definition) is 8. The van der Waals surface area contributed by atoms with E-state index in [-0.39, 0.29) is 41.7 Å². The Labute approximate surface area is 247 Å². The Balaban J connectivity index is 1.51. The largest absolute Gasteiger partial charge is 0.367 e. The third-order valence-corrected chi connectivity index (χ3v) is 9.74. The highest BCUT2D eigenvalue weighted by atomic mass is 32.1. The number of benzene rings is 1. The smallest absolute Gasteiger partial charge is 0.249 e. The maximum Gasteiger partial charge on any atom is 0.249 e. The van der Waals surface area contributed by atoms with Crippen molar-refractivity contribution in [2.45, 2.75) is 59.1 Å². The molecule has 0 spiro atoms. The van der Waals surface area contributed by atoms with Gasteiger partial charge < -0.3 is 25.2 Å². The number of amides is 2. The molecule has 0 radical (unpaired) electrons. The number of aromatic nitrogens is 1. The third-order valence-electron chi connectivity index (χ3n) is 8.84. The van der Waals surface area contributed by atoms with Gasteiger partial charge in [-0.1, -0.05) is 40.7 Å². The summed E-state index contributed by atoms with van der Waals surface area (Å²) >= 11 is 1.61. The molecule has 5 rings (SSSR count). The minimum absolute atomic E-state index is 0.0298. The first kappa shape index (κ1) is 29.7. The highest BCUT2D eigenvalue weighted by Gasteiger charge is 2.55. The van der Waals surface area contributed by atoms with Crippen molar-refractivity contribution in [3.63, 3.8) is 0 Å². The van der Waals surface area contributed by atoms with Crippen molar-refractivity contribution >= 4 is 34.1 Å². The van der Waals surface area contributed by atoms with Gasteiger partial charge in [0.25, 0.3) is 0 Å². The number of fused-ring (bicyclic) bond motifs is 1. The summed E-state index contributed by atoms with van der Waals surface area (Å²) in [5, 5.41) is 3.00. The summed E-state index contributed by atoms with van der Waals surface area (Å²) in [5.74, 6) is -1.19. The first-order valence-corrected chi connectivity index (χ1v) is 15.5. The maximum atomic E-state index is 14.4. The number of ether oxygens (including phenoxy) is 1. The molecule has 0 saturated carbocycles. The van der Waals surface area contributed by atoms with Crippen LogP contribution in [0.4, 0.5) is 5.13 Å². The van der Waals surface area contributed by atoms with Crippen molar-refractivity contribution < 1.29 is 19.1 Å². The second-order valence-electron chi connectivity index (χ2n) is 13.3. The van der Waals surface area contributed by atoms with E-state index >= 15 is 0 Å². The predicted molar refractivity (Wildman–Crippen MR) is 161 cm³/mol. The van der Waals surface area contributed by atoms with E-state index < -0.39 is 17.9 Å². The number of ketones is 1. The van der Waals surface area contributed by atoms with E-state index in [4.69, 9.17) is 15.5 Å². The van der Waals surface area contributed by atoms with Crippen LogP contribution in [0.15, 0.2) is 23.6 Å². The molecule has 3 saturated heterocycles. The van der Waals surface area contributed by atoms with Gasteiger partial charge in [0.1, 0.15) is 12.6 Å². The summed E-state index contributed by atoms with van der Waals surface area (Å²) < 4.78 is 5.94. The van der Waals surface area contributed by atoms with Crippen LogP contribution in [0.2, 0.25) is 0 Å². The Kier molecular flexibility index (Phi) is 8.29. The molecule has 4 atom stereocenters. The van der Waals surface area contributed by atoms with Crippen LogP contribution in [0, 0.1) is 17.3 Å². The van der Waals surface area contributed by atoms with Crippen molar-refractivity contribution in [2.75, 3.05) is 51.3 Å². The zero-order valence-electron chi connectivity index (χ0n) is 25.1. The monoisotopic (exact) mass is 581 g/mol. The quantitative estimate of drug-likeness (QED) is 0.532. The van der Waals surface area contributed by atoms with Gasteiger partial charge in [-0.3, -0.25) is 14.4 Å². The van der Waals surface area contributed by atoms with Gasteiger partial charge in [-0.15, -0.1) is 11.3 Å². The molecule has 0 unspecified atom stereocenters. The van der Waals surface area contributed by atoms with Crippen LogP contribution in [0.5, 0.6) is 0 Å². The number of hydrogen-bond donors (Lipinski definition) is 1. The van der Waals surface area contributed by atoms with Gasteiger partial charge in [-0.25, -0.2) is 4.98 Å². The Morgan fingerprint density at radius 3 is 2.51 bits per heavy atom. The normalized spacial score (nSPS) is 24.3. The fourth-order valence-electron chi connectivity index (χ4n) is 6.46. The van der Waals surface area contributed by atoms with Crippen molar-refractivity contribution in [3.05, 3.63) is 34.7 Å². The molecule has 9 nitrogen and oxygen atoms in total. The van der Waals surface area contributed by atoms with Crippen LogP contribution >= 0.6 is 11.3 Å². The molecule has 0 bridgehead atoms. The van der Waals surface area contributed by atoms with Crippen molar-refractivity contribution in [1.29, 1.82) is 0 Å². The highest BCUT2D eigenvalue weighted by molar-refractivity contribution is 7.14. The van der Waals surface area contributed by atoms with Gasteiger partial charge in [-0.2, -0.15) is 0 Å². The number of Topliss-reactive ketones (excluding diaryl/α,β-unsaturated/α-hetero) is 1. The summed E-state index contributed by atoms with van der Waals surface area (Å²) in [4.78, 5) is 51.4. The Bertz CT molecular complexity index is 1310. The molecule has 2 amide bonds. The number of primary amides is 1. The lowest BCUT2D eigenvalue weighted by atomic mass is 9.78. The highest BCUT2D eigenvalue weighted by Crippen LogP contribution is 2.44. The molecule has 10 heteroatoms. The molecule has 1 aromatic heterocycles. The summed E-state index contributed by atoms with van der Waals surface area (Å²) in [7, 11) is 2.13. The number of carbonyl (C=O) groups excluding carboxylic acids is 3. The number of anilines is 1. The molecule has 222 valence electrons. The first-order valence-electron chi connectivity index (χ1n) is 14.6. The third kappa shape index (κ3) is 5.92. The van der Waals surface area contributed by atoms with Crippen molar-refractivity contribution in [2.24, 2.45) is 23.0 Å². The van der Waals surface area contributed by atoms with E-state index in [1.807, 2.05) is 17.5 Å². The average molecular weight is 582 g/mol. The van der Waals surface area contributed by atoms with Crippen molar-refractivity contribution in [1.82, 2.24) is 14.8 Å². The molecule has 4 heterocycles. The van der Waals surface area contributed by atoms with Gasteiger partial charge >= 0.3 is 0 Å². The van der Waals surface area contributed by atoms with E-state index in [1.54, 1.807) is 22.3 Å². The van der Waals surface area contributed by atoms with E-state index in [0.29, 0.717) is 24.1 Å². The number of nitrogens with two attached hydrogens (primary N) is 1. The van der Waals surface area contributed by atoms with Gasteiger partial charge in [-0.05, 0) is 42.5 Å². The predicted octanol–water partition coefficient (Wildman–Crippen LogP) is 3.63. The number of piperazine rings is 1. The lowest BCUT2D eigenvalue weighted by Crippen LogP contribution is -2.44. The van der Waals surface area contributed by atoms with Crippen molar-refractivity contribution in [3.8, 4) is 11.3 Å². The Morgan fingerprint density at radius 1 is 1.17 bits per heavy atom. The minimum Gasteiger partial charge on any atom is -0.367 e. The SMILES string of the molecule is CC(C)C[C@H](C(=O)N1C[C@@H](C(C)(C)C)[C@H]2OCC(=O)[C@H]21)c1cc(-c2csc(N3CCN(C)CC3)n2)ccc1C(N)=O. The van der Waals surface area contributed by atoms with Crippen LogP contribution in [0.1, 0.15) is 62.9 Å². The molecule has 0 aliphatic carbocycles. The summed E-state index contributed by atoms with van der Waals surface area (Å²) in [6.07, 6.45) is 0.214. The van der Waals surface area contributed by atoms with Crippen LogP contribution in [0.3, 0.4) is 0 Å². The number of likely N-dealkylation sites (N-methyl/N-ethyl adjacent to an activating group) is 1. The summed E-state index contributed by atoms with van der Waals surface area (Å²) in [6, 6.07) is 4.90. The summed E-state index contributed by atoms with van der Waals surface area (Å²) in [6.45, 7) is 14.8. The molecule has 2 N–H and O–H groups in total. The molecular weight excluding hydrogens is 538 g/mol. The number of rotatable bonds is 7. The van der Waals surface area contributed by atoms with Gasteiger partial charge in [0.2, 0.25) is 11.8 Å². The zero-order valence-corrected chi connectivity index (χ0v) is 25.9. The van der Waals surface area contributed by atoms with Gasteiger partial charge in [0.05, 0.1) is 17.7 Å². The number of nitrogens with zero attached hydrogens (tertiary/aromatic N) is 4. The Hall–Kier alpha value is -2.82. The number of likely N-dealkylation sites (tertiary alicyclic amines) is 1. The van der Waals surface area contributed by atoms with Crippen LogP contribution in [0.25, 0.3) is 11.3 Å². The second-order valence-corrected chi connectivity index (χ2v) is 14.1. The number of thiazole rings is 1. The zero-order chi connectivity index (χ0) is 29.6. The lowest BCUT2D eigenvalue weighted by molar-refractivity contribution is -0.138. The topological polar surface area (TPSA) is 109 Å². The molecule has 1 aromatic carbocycles.